The maximum Gasteiger partial charge on any atom is 0.244 e. The van der Waals surface area contributed by atoms with Gasteiger partial charge in [0.1, 0.15) is 35.3 Å². The first kappa shape index (κ1) is 51.7. The van der Waals surface area contributed by atoms with Crippen LogP contribution in [-0.2, 0) is 16.1 Å². The summed E-state index contributed by atoms with van der Waals surface area (Å²) in [4.78, 5) is 41.0. The van der Waals surface area contributed by atoms with Gasteiger partial charge in [0, 0.05) is 111 Å². The second-order valence-electron chi connectivity index (χ2n) is 15.4. The predicted molar refractivity (Wildman–Crippen MR) is 267 cm³/mol. The molecular weight excluding hydrogens is 946 g/mol. The van der Waals surface area contributed by atoms with E-state index in [0.29, 0.717) is 50.4 Å². The van der Waals surface area contributed by atoms with E-state index in [-0.39, 0.29) is 43.7 Å². The standard InChI is InChI=1S/C23H25Cl2N5O2.C14H18Cl2N2O2.C9H8ClN3.CH4/c1-15-13-28(18-4-5-19(24)20(12-18)32-3)10-11-29(15)21(31)14-30-16(2)22(25)23(27-30)17-6-8-26-9-7-17;1-10-9-17(5-6-18(10)14(19)8-15)11-3-4-12(16)13(7-11)20-2;1-6-8(10)9(13-12-6)7-2-4-11-5-3-7;/h4-9,12,15H,10-11,13-14H2,1-3H3;3-4,7,10H,5-6,8-9H2,1-2H3;2-5H,1H3,(H,12,13);1H4/t15-;10-;;/m00../s1. The fourth-order valence-corrected chi connectivity index (χ4v) is 8.58. The molecule has 2 aliphatic rings. The third kappa shape index (κ3) is 12.4. The highest BCUT2D eigenvalue weighted by atomic mass is 35.5. The Labute approximate surface area is 411 Å². The van der Waals surface area contributed by atoms with Crippen molar-refractivity contribution in [1.29, 1.82) is 0 Å². The number of piperazine rings is 2. The molecule has 2 aliphatic heterocycles. The highest BCUT2D eigenvalue weighted by Crippen LogP contribution is 2.33. The lowest BCUT2D eigenvalue weighted by atomic mass is 10.1. The third-order valence-electron chi connectivity index (χ3n) is 11.2. The van der Waals surface area contributed by atoms with Crippen LogP contribution in [0.3, 0.4) is 0 Å². The number of rotatable bonds is 9. The fourth-order valence-electron chi connectivity index (χ4n) is 7.60. The summed E-state index contributed by atoms with van der Waals surface area (Å²) < 4.78 is 12.3. The van der Waals surface area contributed by atoms with E-state index in [9.17, 15) is 9.59 Å². The van der Waals surface area contributed by atoms with E-state index in [2.05, 4.69) is 42.0 Å². The monoisotopic (exact) mass is 998 g/mol. The van der Waals surface area contributed by atoms with Crippen LogP contribution in [0.1, 0.15) is 32.7 Å². The van der Waals surface area contributed by atoms with Gasteiger partial charge in [-0.25, -0.2) is 0 Å². The number of anilines is 2. The van der Waals surface area contributed by atoms with E-state index in [1.54, 1.807) is 43.7 Å². The van der Waals surface area contributed by atoms with E-state index in [1.165, 1.54) is 0 Å². The third-order valence-corrected chi connectivity index (χ3v) is 13.0. The number of alkyl halides is 1. The topological polar surface area (TPSA) is 138 Å². The number of hydrogen-bond donors (Lipinski definition) is 1. The minimum atomic E-state index is -0.00694. The molecule has 2 aromatic carbocycles. The van der Waals surface area contributed by atoms with Gasteiger partial charge in [0.25, 0.3) is 0 Å². The summed E-state index contributed by atoms with van der Waals surface area (Å²) in [7, 11) is 3.21. The zero-order valence-corrected chi connectivity index (χ0v) is 40.7. The van der Waals surface area contributed by atoms with Crippen molar-refractivity contribution < 1.29 is 19.1 Å². The minimum Gasteiger partial charge on any atom is -0.495 e. The summed E-state index contributed by atoms with van der Waals surface area (Å²) in [6.45, 7) is 12.3. The number of ether oxygens (including phenoxy) is 2. The van der Waals surface area contributed by atoms with E-state index in [4.69, 9.17) is 67.5 Å². The van der Waals surface area contributed by atoms with Crippen LogP contribution >= 0.6 is 58.0 Å². The van der Waals surface area contributed by atoms with Crippen molar-refractivity contribution in [1.82, 2.24) is 39.7 Å². The Bertz CT molecular complexity index is 2550. The van der Waals surface area contributed by atoms with Gasteiger partial charge in [0.05, 0.1) is 45.7 Å². The van der Waals surface area contributed by atoms with Crippen LogP contribution in [-0.4, -0.2) is 123 Å². The van der Waals surface area contributed by atoms with Crippen molar-refractivity contribution >= 4 is 81.2 Å². The minimum absolute atomic E-state index is 0. The van der Waals surface area contributed by atoms with E-state index in [1.807, 2.05) is 91.2 Å². The van der Waals surface area contributed by atoms with E-state index >= 15 is 0 Å². The normalized spacial score (nSPS) is 15.7. The maximum atomic E-state index is 13.1. The molecule has 2 fully saturated rings. The Kier molecular flexibility index (Phi) is 18.8. The van der Waals surface area contributed by atoms with Crippen molar-refractivity contribution in [2.45, 2.75) is 53.8 Å². The Morgan fingerprint density at radius 3 is 1.58 bits per heavy atom. The lowest BCUT2D eigenvalue weighted by Gasteiger charge is -2.41. The molecule has 0 aliphatic carbocycles. The van der Waals surface area contributed by atoms with Crippen LogP contribution in [0.4, 0.5) is 11.4 Å². The number of amides is 2. The number of aromatic amines is 1. The zero-order valence-electron chi connectivity index (χ0n) is 36.9. The first-order chi connectivity index (χ1) is 31.2. The number of pyridine rings is 2. The van der Waals surface area contributed by atoms with Crippen LogP contribution < -0.4 is 19.3 Å². The molecule has 4 aromatic heterocycles. The molecule has 8 rings (SSSR count). The molecule has 6 heterocycles. The summed E-state index contributed by atoms with van der Waals surface area (Å²) in [5.41, 5.74) is 7.03. The lowest BCUT2D eigenvalue weighted by Crippen LogP contribution is -2.54. The Balaban J connectivity index is 0.000000204. The quantitative estimate of drug-likeness (QED) is 0.139. The van der Waals surface area contributed by atoms with Crippen LogP contribution in [0.5, 0.6) is 11.5 Å². The van der Waals surface area contributed by atoms with Crippen molar-refractivity contribution in [3.05, 3.63) is 117 Å². The van der Waals surface area contributed by atoms with Crippen LogP contribution in [0.2, 0.25) is 20.1 Å². The fraction of sp³-hybridized carbons (Fsp3) is 0.362. The van der Waals surface area contributed by atoms with Gasteiger partial charge in [0.15, 0.2) is 0 Å². The number of halogens is 5. The molecule has 0 bridgehead atoms. The summed E-state index contributed by atoms with van der Waals surface area (Å²) in [5.74, 6) is 1.36. The molecule has 0 spiro atoms. The highest BCUT2D eigenvalue weighted by Gasteiger charge is 2.30. The SMILES string of the molecule is C.COc1cc(N2CCN(C(=O)CCl)[C@@H](C)C2)ccc1Cl.COc1cc(N2CCN(C(=O)Cn3nc(-c4ccncc4)c(Cl)c3C)[C@@H](C)C2)ccc1Cl.Cc1[nH]nc(-c2ccncc2)c1Cl. The number of carbonyl (C=O) groups excluding carboxylic acids is 2. The number of aryl methyl sites for hydroxylation is 1. The molecule has 2 saturated heterocycles. The largest absolute Gasteiger partial charge is 0.495 e. The molecule has 2 atom stereocenters. The number of methoxy groups -OCH3 is 2. The number of H-pyrrole nitrogens is 1. The highest BCUT2D eigenvalue weighted by molar-refractivity contribution is 6.34. The summed E-state index contributed by atoms with van der Waals surface area (Å²) in [6, 6.07) is 19.1. The van der Waals surface area contributed by atoms with Crippen molar-refractivity contribution in [3.8, 4) is 34.0 Å². The van der Waals surface area contributed by atoms with Crippen LogP contribution in [0.15, 0.2) is 85.5 Å². The van der Waals surface area contributed by atoms with Crippen molar-refractivity contribution in [2.75, 3.05) is 69.2 Å². The molecular formula is C47H55Cl5N10O4. The molecule has 19 heteroatoms. The first-order valence-electron chi connectivity index (χ1n) is 20.8. The van der Waals surface area contributed by atoms with E-state index in [0.717, 1.165) is 65.8 Å². The number of carbonyl (C=O) groups is 2. The van der Waals surface area contributed by atoms with Gasteiger partial charge in [-0.3, -0.25) is 29.3 Å². The summed E-state index contributed by atoms with van der Waals surface area (Å²) >= 11 is 30.4. The molecule has 0 saturated carbocycles. The maximum absolute atomic E-state index is 13.1. The average molecular weight is 1000 g/mol. The van der Waals surface area contributed by atoms with Gasteiger partial charge in [-0.15, -0.1) is 11.6 Å². The summed E-state index contributed by atoms with van der Waals surface area (Å²) in [6.07, 6.45) is 6.83. The number of hydrogen-bond acceptors (Lipinski definition) is 10. The molecule has 1 N–H and O–H groups in total. The average Bonchev–Trinajstić information content (AvgIpc) is 3.81. The van der Waals surface area contributed by atoms with Gasteiger partial charge in [-0.1, -0.05) is 53.8 Å². The van der Waals surface area contributed by atoms with Gasteiger partial charge in [-0.2, -0.15) is 10.2 Å². The Morgan fingerprint density at radius 1 is 0.682 bits per heavy atom. The second kappa shape index (κ2) is 24.0. The lowest BCUT2D eigenvalue weighted by molar-refractivity contribution is -0.134. The Hall–Kier alpha value is -5.25. The number of nitrogens with one attached hydrogen (secondary N) is 1. The van der Waals surface area contributed by atoms with Gasteiger partial charge >= 0.3 is 0 Å². The first-order valence-corrected chi connectivity index (χ1v) is 22.8. The van der Waals surface area contributed by atoms with Gasteiger partial charge < -0.3 is 29.1 Å². The van der Waals surface area contributed by atoms with Gasteiger partial charge in [0.2, 0.25) is 11.8 Å². The molecule has 0 radical (unpaired) electrons. The second-order valence-corrected chi connectivity index (χ2v) is 17.3. The number of aromatic nitrogens is 6. The van der Waals surface area contributed by atoms with Crippen molar-refractivity contribution in [3.63, 3.8) is 0 Å². The predicted octanol–water partition coefficient (Wildman–Crippen LogP) is 10.0. The Morgan fingerprint density at radius 2 is 1.15 bits per heavy atom. The van der Waals surface area contributed by atoms with Crippen LogP contribution in [0, 0.1) is 13.8 Å². The van der Waals surface area contributed by atoms with Crippen molar-refractivity contribution in [2.24, 2.45) is 0 Å². The van der Waals surface area contributed by atoms with E-state index < -0.39 is 0 Å². The number of benzene rings is 2. The molecule has 352 valence electrons. The smallest absolute Gasteiger partial charge is 0.244 e. The van der Waals surface area contributed by atoms with Crippen LogP contribution in [0.25, 0.3) is 22.5 Å². The summed E-state index contributed by atoms with van der Waals surface area (Å²) in [5, 5.41) is 13.9. The molecule has 14 nitrogen and oxygen atoms in total. The molecule has 66 heavy (non-hydrogen) atoms. The molecule has 6 aromatic rings. The molecule has 0 unspecified atom stereocenters. The number of nitrogens with zero attached hydrogens (tertiary/aromatic N) is 9. The zero-order chi connectivity index (χ0) is 46.8. The van der Waals surface area contributed by atoms with Gasteiger partial charge in [-0.05, 0) is 76.2 Å². The molecule has 2 amide bonds.